The van der Waals surface area contributed by atoms with Crippen molar-refractivity contribution < 1.29 is 4.74 Å². The van der Waals surface area contributed by atoms with Crippen LogP contribution < -0.4 is 16.0 Å². The minimum absolute atomic E-state index is 0.277. The van der Waals surface area contributed by atoms with E-state index < -0.39 is 0 Å². The van der Waals surface area contributed by atoms with Crippen molar-refractivity contribution in [2.24, 2.45) is 12.9 Å². The number of nitrogens with two attached hydrogens (primary N) is 1. The van der Waals surface area contributed by atoms with Gasteiger partial charge in [0.2, 0.25) is 0 Å². The zero-order valence-corrected chi connectivity index (χ0v) is 11.0. The number of aryl methyl sites for hydroxylation is 1. The molecule has 2 rings (SSSR count). The number of hydrogen-bond acceptors (Lipinski definition) is 4. The van der Waals surface area contributed by atoms with Crippen LogP contribution in [0.4, 0.5) is 0 Å². The molecule has 5 nitrogen and oxygen atoms in total. The fraction of sp³-hybridized carbons (Fsp3) is 0.250. The molecule has 0 saturated heterocycles. The normalized spacial score (nSPS) is 12.4. The molecule has 0 aliphatic rings. The lowest BCUT2D eigenvalue weighted by atomic mass is 10.0. The van der Waals surface area contributed by atoms with Gasteiger partial charge in [0.05, 0.1) is 30.1 Å². The Bertz CT molecular complexity index is 521. The monoisotopic (exact) mass is 266 g/mol. The molecule has 1 atom stereocenters. The molecule has 0 spiro atoms. The van der Waals surface area contributed by atoms with Crippen LogP contribution in [0.15, 0.2) is 30.5 Å². The first kappa shape index (κ1) is 12.9. The Morgan fingerprint density at radius 3 is 2.72 bits per heavy atom. The molecule has 6 heteroatoms. The summed E-state index contributed by atoms with van der Waals surface area (Å²) in [6.07, 6.45) is 1.59. The largest absolute Gasteiger partial charge is 0.496 e. The van der Waals surface area contributed by atoms with Gasteiger partial charge >= 0.3 is 0 Å². The maximum atomic E-state index is 6.14. The van der Waals surface area contributed by atoms with E-state index in [-0.39, 0.29) is 6.04 Å². The molecule has 1 aromatic carbocycles. The van der Waals surface area contributed by atoms with Crippen LogP contribution in [0.25, 0.3) is 0 Å². The van der Waals surface area contributed by atoms with Crippen molar-refractivity contribution in [3.8, 4) is 5.75 Å². The van der Waals surface area contributed by atoms with Crippen molar-refractivity contribution >= 4 is 11.6 Å². The summed E-state index contributed by atoms with van der Waals surface area (Å²) in [6, 6.07) is 7.37. The lowest BCUT2D eigenvalue weighted by molar-refractivity contribution is 0.402. The molecule has 0 saturated carbocycles. The summed E-state index contributed by atoms with van der Waals surface area (Å²) in [4.78, 5) is 0. The molecule has 0 aliphatic heterocycles. The molecule has 18 heavy (non-hydrogen) atoms. The predicted molar refractivity (Wildman–Crippen MR) is 70.4 cm³/mol. The maximum absolute atomic E-state index is 6.14. The topological polar surface area (TPSA) is 65.1 Å². The molecular formula is C12H15ClN4O. The van der Waals surface area contributed by atoms with Crippen molar-refractivity contribution in [1.29, 1.82) is 0 Å². The number of aromatic nitrogens is 2. The third-order valence-electron chi connectivity index (χ3n) is 2.83. The molecule has 96 valence electrons. The number of rotatable bonds is 4. The second kappa shape index (κ2) is 5.39. The first-order valence-corrected chi connectivity index (χ1v) is 5.83. The van der Waals surface area contributed by atoms with Gasteiger partial charge in [-0.3, -0.25) is 10.5 Å². The van der Waals surface area contributed by atoms with Gasteiger partial charge in [-0.2, -0.15) is 5.10 Å². The summed E-state index contributed by atoms with van der Waals surface area (Å²) in [6.45, 7) is 0. The number of nitrogens with zero attached hydrogens (tertiary/aromatic N) is 2. The summed E-state index contributed by atoms with van der Waals surface area (Å²) in [5.41, 5.74) is 4.46. The Hall–Kier alpha value is -1.56. The minimum atomic E-state index is -0.277. The molecule has 2 aromatic rings. The predicted octanol–water partition coefficient (Wildman–Crippen LogP) is 1.63. The lowest BCUT2D eigenvalue weighted by Crippen LogP contribution is -2.30. The molecule has 0 bridgehead atoms. The van der Waals surface area contributed by atoms with Gasteiger partial charge < -0.3 is 4.74 Å². The number of hydrogen-bond donors (Lipinski definition) is 2. The summed E-state index contributed by atoms with van der Waals surface area (Å²) >= 11 is 6.14. The Morgan fingerprint density at radius 2 is 2.17 bits per heavy atom. The summed E-state index contributed by atoms with van der Waals surface area (Å²) in [5, 5.41) is 4.68. The van der Waals surface area contributed by atoms with Gasteiger partial charge in [-0.15, -0.1) is 0 Å². The number of nitrogens with one attached hydrogen (secondary N) is 1. The second-order valence-corrected chi connectivity index (χ2v) is 4.25. The van der Waals surface area contributed by atoms with Gasteiger partial charge in [0.15, 0.2) is 0 Å². The van der Waals surface area contributed by atoms with Gasteiger partial charge in [-0.1, -0.05) is 29.8 Å². The number of halogens is 1. The molecule has 0 amide bonds. The smallest absolute Gasteiger partial charge is 0.124 e. The third-order valence-corrected chi connectivity index (χ3v) is 3.12. The summed E-state index contributed by atoms with van der Waals surface area (Å²) in [5.74, 6) is 6.40. The van der Waals surface area contributed by atoms with E-state index in [9.17, 15) is 0 Å². The number of benzene rings is 1. The second-order valence-electron chi connectivity index (χ2n) is 3.84. The Kier molecular flexibility index (Phi) is 3.86. The fourth-order valence-electron chi connectivity index (χ4n) is 1.97. The highest BCUT2D eigenvalue weighted by Gasteiger charge is 2.22. The SMILES string of the molecule is COc1ccccc1C(NN)c1c(Cl)cnn1C. The average molecular weight is 267 g/mol. The van der Waals surface area contributed by atoms with E-state index in [2.05, 4.69) is 10.5 Å². The van der Waals surface area contributed by atoms with Crippen LogP contribution in [-0.4, -0.2) is 16.9 Å². The first-order chi connectivity index (χ1) is 8.69. The number of para-hydroxylation sites is 1. The van der Waals surface area contributed by atoms with E-state index in [1.807, 2.05) is 31.3 Å². The van der Waals surface area contributed by atoms with Crippen LogP contribution in [0.5, 0.6) is 5.75 Å². The highest BCUT2D eigenvalue weighted by Crippen LogP contribution is 2.32. The van der Waals surface area contributed by atoms with Crippen molar-refractivity contribution in [3.05, 3.63) is 46.7 Å². The Balaban J connectivity index is 2.52. The number of ether oxygens (including phenoxy) is 1. The van der Waals surface area contributed by atoms with Crippen molar-refractivity contribution in [2.45, 2.75) is 6.04 Å². The van der Waals surface area contributed by atoms with Gasteiger partial charge in [0.25, 0.3) is 0 Å². The molecular weight excluding hydrogens is 252 g/mol. The molecule has 1 heterocycles. The maximum Gasteiger partial charge on any atom is 0.124 e. The molecule has 0 fully saturated rings. The first-order valence-electron chi connectivity index (χ1n) is 5.45. The van der Waals surface area contributed by atoms with E-state index in [1.165, 1.54) is 0 Å². The Morgan fingerprint density at radius 1 is 1.44 bits per heavy atom. The fourth-order valence-corrected chi connectivity index (χ4v) is 2.24. The molecule has 1 unspecified atom stereocenters. The highest BCUT2D eigenvalue weighted by atomic mass is 35.5. The number of hydrazine groups is 1. The summed E-state index contributed by atoms with van der Waals surface area (Å²) in [7, 11) is 3.44. The van der Waals surface area contributed by atoms with Gasteiger partial charge in [0.1, 0.15) is 5.75 Å². The van der Waals surface area contributed by atoms with Crippen LogP contribution in [0.3, 0.4) is 0 Å². The van der Waals surface area contributed by atoms with E-state index >= 15 is 0 Å². The number of methoxy groups -OCH3 is 1. The van der Waals surface area contributed by atoms with Crippen LogP contribution >= 0.6 is 11.6 Å². The Labute approximate surface area is 110 Å². The van der Waals surface area contributed by atoms with E-state index in [1.54, 1.807) is 18.0 Å². The van der Waals surface area contributed by atoms with Gasteiger partial charge in [-0.25, -0.2) is 5.43 Å². The van der Waals surface area contributed by atoms with Gasteiger partial charge in [0, 0.05) is 12.6 Å². The molecule has 3 N–H and O–H groups in total. The van der Waals surface area contributed by atoms with Gasteiger partial charge in [-0.05, 0) is 6.07 Å². The van der Waals surface area contributed by atoms with E-state index in [0.717, 1.165) is 17.0 Å². The molecule has 0 radical (unpaired) electrons. The van der Waals surface area contributed by atoms with Crippen LogP contribution in [0, 0.1) is 0 Å². The minimum Gasteiger partial charge on any atom is -0.496 e. The summed E-state index contributed by atoms with van der Waals surface area (Å²) < 4.78 is 7.03. The average Bonchev–Trinajstić information content (AvgIpc) is 2.72. The lowest BCUT2D eigenvalue weighted by Gasteiger charge is -2.19. The quantitative estimate of drug-likeness (QED) is 0.652. The zero-order valence-electron chi connectivity index (χ0n) is 10.2. The molecule has 0 aliphatic carbocycles. The van der Waals surface area contributed by atoms with Crippen molar-refractivity contribution in [1.82, 2.24) is 15.2 Å². The van der Waals surface area contributed by atoms with E-state index in [4.69, 9.17) is 22.2 Å². The van der Waals surface area contributed by atoms with Crippen LogP contribution in [-0.2, 0) is 7.05 Å². The van der Waals surface area contributed by atoms with Crippen molar-refractivity contribution in [3.63, 3.8) is 0 Å². The molecule has 1 aromatic heterocycles. The van der Waals surface area contributed by atoms with Crippen LogP contribution in [0.1, 0.15) is 17.3 Å². The highest BCUT2D eigenvalue weighted by molar-refractivity contribution is 6.31. The standard InChI is InChI=1S/C12H15ClN4O/c1-17-12(9(13)7-15-17)11(16-14)8-5-3-4-6-10(8)18-2/h3-7,11,16H,14H2,1-2H3. The van der Waals surface area contributed by atoms with Crippen LogP contribution in [0.2, 0.25) is 5.02 Å². The van der Waals surface area contributed by atoms with Crippen molar-refractivity contribution in [2.75, 3.05) is 7.11 Å². The third kappa shape index (κ3) is 2.20. The van der Waals surface area contributed by atoms with E-state index in [0.29, 0.717) is 5.02 Å². The zero-order chi connectivity index (χ0) is 13.1.